The monoisotopic (exact) mass is 334 g/mol. The molecule has 0 saturated heterocycles. The first kappa shape index (κ1) is 16.5. The topological polar surface area (TPSA) is 50.4 Å². The second-order valence-corrected chi connectivity index (χ2v) is 6.65. The lowest BCUT2D eigenvalue weighted by Gasteiger charge is -2.12. The molecule has 4 nitrogen and oxygen atoms in total. The quantitative estimate of drug-likeness (QED) is 0.648. The van der Waals surface area contributed by atoms with Crippen molar-refractivity contribution in [2.45, 2.75) is 20.8 Å². The first-order chi connectivity index (χ1) is 10.4. The van der Waals surface area contributed by atoms with Gasteiger partial charge in [-0.05, 0) is 50.7 Å². The normalized spacial score (nSPS) is 10.2. The van der Waals surface area contributed by atoms with Gasteiger partial charge in [0.05, 0.1) is 12.7 Å². The molecule has 0 aliphatic heterocycles. The summed E-state index contributed by atoms with van der Waals surface area (Å²) in [6.07, 6.45) is 0. The maximum atomic E-state index is 11.8. The van der Waals surface area contributed by atoms with Crippen molar-refractivity contribution in [3.05, 3.63) is 45.8 Å². The van der Waals surface area contributed by atoms with Crippen molar-refractivity contribution in [2.24, 2.45) is 0 Å². The molecule has 116 valence electrons. The Morgan fingerprint density at radius 1 is 1.18 bits per heavy atom. The maximum absolute atomic E-state index is 11.8. The molecule has 0 aliphatic rings. The minimum atomic E-state index is -0.374. The molecule has 0 radical (unpaired) electrons. The molecule has 2 rings (SSSR count). The average Bonchev–Trinajstić information content (AvgIpc) is 2.81. The van der Waals surface area contributed by atoms with Crippen molar-refractivity contribution < 1.29 is 9.53 Å². The van der Waals surface area contributed by atoms with E-state index in [0.29, 0.717) is 15.7 Å². The van der Waals surface area contributed by atoms with E-state index in [9.17, 15) is 4.79 Å². The predicted octanol–water partition coefficient (Wildman–Crippen LogP) is 4.27. The molecule has 22 heavy (non-hydrogen) atoms. The summed E-state index contributed by atoms with van der Waals surface area (Å²) in [5.41, 5.74) is 3.74. The standard InChI is InChI=1S/C16H18N2O2S2/c1-9-5-6-13(10(2)7-9)17-16(21)18-14-12(15(19)20-4)8-11(3)22-14/h5-8H,1-4H3,(H2,17,18,21). The second kappa shape index (κ2) is 6.89. The van der Waals surface area contributed by atoms with E-state index < -0.39 is 0 Å². The highest BCUT2D eigenvalue weighted by Gasteiger charge is 2.16. The first-order valence-electron chi connectivity index (χ1n) is 6.74. The zero-order valence-electron chi connectivity index (χ0n) is 12.9. The maximum Gasteiger partial charge on any atom is 0.340 e. The summed E-state index contributed by atoms with van der Waals surface area (Å²) >= 11 is 6.80. The molecular formula is C16H18N2O2S2. The van der Waals surface area contributed by atoms with Gasteiger partial charge < -0.3 is 15.4 Å². The highest BCUT2D eigenvalue weighted by molar-refractivity contribution is 7.80. The summed E-state index contributed by atoms with van der Waals surface area (Å²) in [7, 11) is 1.37. The van der Waals surface area contributed by atoms with E-state index in [1.165, 1.54) is 24.0 Å². The Bertz CT molecular complexity index is 723. The van der Waals surface area contributed by atoms with Crippen LogP contribution in [0.5, 0.6) is 0 Å². The number of esters is 1. The fourth-order valence-corrected chi connectivity index (χ4v) is 3.26. The van der Waals surface area contributed by atoms with E-state index >= 15 is 0 Å². The Labute approximate surface area is 139 Å². The highest BCUT2D eigenvalue weighted by atomic mass is 32.1. The van der Waals surface area contributed by atoms with Gasteiger partial charge in [0.25, 0.3) is 0 Å². The molecular weight excluding hydrogens is 316 g/mol. The largest absolute Gasteiger partial charge is 0.465 e. The number of aryl methyl sites for hydroxylation is 3. The summed E-state index contributed by atoms with van der Waals surface area (Å²) in [6.45, 7) is 6.00. The van der Waals surface area contributed by atoms with E-state index in [-0.39, 0.29) is 5.97 Å². The van der Waals surface area contributed by atoms with Crippen molar-refractivity contribution in [3.8, 4) is 0 Å². The van der Waals surface area contributed by atoms with Crippen LogP contribution >= 0.6 is 23.6 Å². The number of rotatable bonds is 3. The van der Waals surface area contributed by atoms with E-state index in [1.807, 2.05) is 32.9 Å². The van der Waals surface area contributed by atoms with E-state index in [1.54, 1.807) is 6.07 Å². The Hall–Kier alpha value is -1.92. The first-order valence-corrected chi connectivity index (χ1v) is 7.97. The number of ether oxygens (including phenoxy) is 1. The van der Waals surface area contributed by atoms with Crippen LogP contribution < -0.4 is 10.6 Å². The van der Waals surface area contributed by atoms with Crippen LogP contribution in [0, 0.1) is 20.8 Å². The van der Waals surface area contributed by atoms with E-state index in [4.69, 9.17) is 17.0 Å². The second-order valence-electron chi connectivity index (χ2n) is 4.99. The van der Waals surface area contributed by atoms with Gasteiger partial charge in [-0.3, -0.25) is 0 Å². The zero-order valence-corrected chi connectivity index (χ0v) is 14.6. The molecule has 0 spiro atoms. The van der Waals surface area contributed by atoms with Gasteiger partial charge in [-0.2, -0.15) is 0 Å². The third-order valence-corrected chi connectivity index (χ3v) is 4.29. The molecule has 0 fully saturated rings. The van der Waals surface area contributed by atoms with Crippen molar-refractivity contribution in [1.82, 2.24) is 0 Å². The Morgan fingerprint density at radius 3 is 2.55 bits per heavy atom. The molecule has 0 bridgehead atoms. The van der Waals surface area contributed by atoms with Crippen molar-refractivity contribution in [2.75, 3.05) is 17.7 Å². The van der Waals surface area contributed by atoms with Gasteiger partial charge in [-0.15, -0.1) is 11.3 Å². The number of methoxy groups -OCH3 is 1. The lowest BCUT2D eigenvalue weighted by atomic mass is 10.1. The molecule has 0 amide bonds. The summed E-state index contributed by atoms with van der Waals surface area (Å²) in [5.74, 6) is -0.374. The number of nitrogens with one attached hydrogen (secondary N) is 2. The lowest BCUT2D eigenvalue weighted by molar-refractivity contribution is 0.0602. The van der Waals surface area contributed by atoms with Gasteiger partial charge in [0.1, 0.15) is 5.00 Å². The fraction of sp³-hybridized carbons (Fsp3) is 0.250. The minimum Gasteiger partial charge on any atom is -0.465 e. The van der Waals surface area contributed by atoms with Gasteiger partial charge in [0.15, 0.2) is 5.11 Å². The number of carbonyl (C=O) groups excluding carboxylic acids is 1. The summed E-state index contributed by atoms with van der Waals surface area (Å²) in [5, 5.41) is 7.36. The van der Waals surface area contributed by atoms with Crippen LogP contribution in [-0.4, -0.2) is 18.2 Å². The number of benzene rings is 1. The van der Waals surface area contributed by atoms with Crippen LogP contribution in [-0.2, 0) is 4.74 Å². The van der Waals surface area contributed by atoms with Crippen LogP contribution in [0.15, 0.2) is 24.3 Å². The summed E-state index contributed by atoms with van der Waals surface area (Å²) in [4.78, 5) is 12.8. The van der Waals surface area contributed by atoms with Gasteiger partial charge >= 0.3 is 5.97 Å². The Balaban J connectivity index is 2.14. The number of hydrogen-bond acceptors (Lipinski definition) is 4. The number of thiophene rings is 1. The summed E-state index contributed by atoms with van der Waals surface area (Å²) in [6, 6.07) is 7.88. The Kier molecular flexibility index (Phi) is 5.15. The van der Waals surface area contributed by atoms with Crippen LogP contribution in [0.1, 0.15) is 26.4 Å². The molecule has 0 atom stereocenters. The zero-order chi connectivity index (χ0) is 16.3. The average molecular weight is 334 g/mol. The number of hydrogen-bond donors (Lipinski definition) is 2. The van der Waals surface area contributed by atoms with Gasteiger partial charge in [-0.25, -0.2) is 4.79 Å². The molecule has 1 heterocycles. The molecule has 2 aromatic rings. The molecule has 2 N–H and O–H groups in total. The molecule has 1 aromatic carbocycles. The highest BCUT2D eigenvalue weighted by Crippen LogP contribution is 2.28. The van der Waals surface area contributed by atoms with Crippen molar-refractivity contribution in [3.63, 3.8) is 0 Å². The third-order valence-electron chi connectivity index (χ3n) is 3.12. The molecule has 0 saturated carbocycles. The molecule has 6 heteroatoms. The molecule has 0 aliphatic carbocycles. The third kappa shape index (κ3) is 3.84. The molecule has 0 unspecified atom stereocenters. The van der Waals surface area contributed by atoms with E-state index in [2.05, 4.69) is 16.7 Å². The van der Waals surface area contributed by atoms with Crippen LogP contribution in [0.4, 0.5) is 10.7 Å². The van der Waals surface area contributed by atoms with Gasteiger partial charge in [-0.1, -0.05) is 17.7 Å². The van der Waals surface area contributed by atoms with Crippen LogP contribution in [0.25, 0.3) is 0 Å². The molecule has 1 aromatic heterocycles. The van der Waals surface area contributed by atoms with Gasteiger partial charge in [0.2, 0.25) is 0 Å². The lowest BCUT2D eigenvalue weighted by Crippen LogP contribution is -2.20. The minimum absolute atomic E-state index is 0.374. The van der Waals surface area contributed by atoms with Crippen molar-refractivity contribution >= 4 is 45.3 Å². The smallest absolute Gasteiger partial charge is 0.340 e. The van der Waals surface area contributed by atoms with Crippen LogP contribution in [0.2, 0.25) is 0 Å². The predicted molar refractivity (Wildman–Crippen MR) is 96.2 cm³/mol. The Morgan fingerprint density at radius 2 is 1.91 bits per heavy atom. The van der Waals surface area contributed by atoms with Gasteiger partial charge in [0, 0.05) is 10.6 Å². The van der Waals surface area contributed by atoms with Crippen molar-refractivity contribution in [1.29, 1.82) is 0 Å². The van der Waals surface area contributed by atoms with E-state index in [0.717, 1.165) is 16.1 Å². The number of thiocarbonyl (C=S) groups is 1. The van der Waals surface area contributed by atoms with Crippen LogP contribution in [0.3, 0.4) is 0 Å². The fourth-order valence-electron chi connectivity index (χ4n) is 2.08. The number of carbonyl (C=O) groups is 1. The SMILES string of the molecule is COC(=O)c1cc(C)sc1NC(=S)Nc1ccc(C)cc1C. The number of anilines is 2. The summed E-state index contributed by atoms with van der Waals surface area (Å²) < 4.78 is 4.79.